The van der Waals surface area contributed by atoms with Crippen molar-refractivity contribution >= 4 is 44.6 Å². The molecular weight excluding hydrogens is 516 g/mol. The number of aromatic nitrogens is 5. The highest BCUT2D eigenvalue weighted by Crippen LogP contribution is 2.39. The van der Waals surface area contributed by atoms with E-state index in [1.165, 1.54) is 11.3 Å². The first kappa shape index (κ1) is 26.2. The monoisotopic (exact) mass is 544 g/mol. The number of anilines is 2. The van der Waals surface area contributed by atoms with Crippen LogP contribution < -0.4 is 15.5 Å². The summed E-state index contributed by atoms with van der Waals surface area (Å²) >= 11 is 1.37. The van der Waals surface area contributed by atoms with E-state index < -0.39 is 11.4 Å². The first-order valence-corrected chi connectivity index (χ1v) is 13.4. The van der Waals surface area contributed by atoms with Crippen molar-refractivity contribution in [2.75, 3.05) is 29.9 Å². The van der Waals surface area contributed by atoms with Crippen LogP contribution in [0.3, 0.4) is 0 Å². The molecule has 1 aliphatic rings. The van der Waals surface area contributed by atoms with E-state index in [-0.39, 0.29) is 6.03 Å². The summed E-state index contributed by atoms with van der Waals surface area (Å²) < 4.78 is 0.873. The van der Waals surface area contributed by atoms with Crippen LogP contribution in [0.25, 0.3) is 32.6 Å². The van der Waals surface area contributed by atoms with Gasteiger partial charge in [0.15, 0.2) is 5.13 Å². The Balaban J connectivity index is 1.44. The molecule has 0 radical (unpaired) electrons. The van der Waals surface area contributed by atoms with Gasteiger partial charge in [0.05, 0.1) is 27.5 Å². The number of thiazole rings is 1. The summed E-state index contributed by atoms with van der Waals surface area (Å²) in [6.07, 6.45) is 11.6. The fourth-order valence-corrected chi connectivity index (χ4v) is 5.70. The van der Waals surface area contributed by atoms with Gasteiger partial charge in [-0.25, -0.2) is 19.7 Å². The lowest BCUT2D eigenvalue weighted by Crippen LogP contribution is -2.44. The van der Waals surface area contributed by atoms with Crippen LogP contribution in [-0.2, 0) is 4.79 Å². The average Bonchev–Trinajstić information content (AvgIpc) is 3.36. The van der Waals surface area contributed by atoms with Crippen molar-refractivity contribution in [3.63, 3.8) is 0 Å². The summed E-state index contributed by atoms with van der Waals surface area (Å²) in [5.41, 5.74) is 3.09. The molecule has 39 heavy (non-hydrogen) atoms. The van der Waals surface area contributed by atoms with Crippen molar-refractivity contribution < 1.29 is 14.7 Å². The molecule has 4 heterocycles. The normalized spacial score (nSPS) is 14.6. The number of nitrogens with one attached hydrogen (secondary N) is 2. The van der Waals surface area contributed by atoms with Gasteiger partial charge in [-0.1, -0.05) is 17.4 Å². The maximum atomic E-state index is 12.1. The second kappa shape index (κ2) is 11.1. The highest BCUT2D eigenvalue weighted by atomic mass is 32.1. The number of urea groups is 1. The zero-order chi connectivity index (χ0) is 27.4. The van der Waals surface area contributed by atoms with Gasteiger partial charge in [0, 0.05) is 55.5 Å². The van der Waals surface area contributed by atoms with Crippen molar-refractivity contribution in [3.05, 3.63) is 55.8 Å². The topological polar surface area (TPSA) is 146 Å². The van der Waals surface area contributed by atoms with Crippen molar-refractivity contribution in [1.29, 1.82) is 0 Å². The predicted molar refractivity (Wildman–Crippen MR) is 151 cm³/mol. The third kappa shape index (κ3) is 5.41. The van der Waals surface area contributed by atoms with Crippen LogP contribution in [-0.4, -0.2) is 61.7 Å². The van der Waals surface area contributed by atoms with Crippen LogP contribution in [0.1, 0.15) is 26.2 Å². The van der Waals surface area contributed by atoms with Gasteiger partial charge in [0.1, 0.15) is 0 Å². The Labute approximate surface area is 229 Å². The minimum absolute atomic E-state index is 0.315. The second-order valence-corrected chi connectivity index (χ2v) is 10.3. The molecule has 200 valence electrons. The zero-order valence-electron chi connectivity index (χ0n) is 21.4. The SMILES string of the molecule is C=CCC1(C(=O)O)CCN(c2ncc(-c3cc(-c4cnccn4)c4sc(NC(=O)NCC)nc4c3)cn2)CC1. The van der Waals surface area contributed by atoms with E-state index in [9.17, 15) is 14.7 Å². The quantitative estimate of drug-likeness (QED) is 0.271. The number of rotatable bonds is 8. The molecule has 0 atom stereocenters. The lowest BCUT2D eigenvalue weighted by molar-refractivity contribution is -0.150. The van der Waals surface area contributed by atoms with Crippen LogP contribution >= 0.6 is 11.3 Å². The maximum absolute atomic E-state index is 12.1. The lowest BCUT2D eigenvalue weighted by Gasteiger charge is -2.38. The Morgan fingerprint density at radius 3 is 2.54 bits per heavy atom. The number of benzene rings is 1. The Morgan fingerprint density at radius 1 is 1.13 bits per heavy atom. The number of allylic oxidation sites excluding steroid dienone is 1. The summed E-state index contributed by atoms with van der Waals surface area (Å²) in [5.74, 6) is -0.215. The number of piperidine rings is 1. The van der Waals surface area contributed by atoms with Crippen LogP contribution in [0.5, 0.6) is 0 Å². The molecule has 11 nitrogen and oxygen atoms in total. The summed E-state index contributed by atoms with van der Waals surface area (Å²) in [5, 5.41) is 15.7. The Morgan fingerprint density at radius 2 is 1.90 bits per heavy atom. The molecule has 4 aromatic rings. The van der Waals surface area contributed by atoms with Gasteiger partial charge >= 0.3 is 12.0 Å². The largest absolute Gasteiger partial charge is 0.481 e. The van der Waals surface area contributed by atoms with Crippen molar-refractivity contribution in [2.45, 2.75) is 26.2 Å². The molecule has 0 saturated carbocycles. The third-order valence-corrected chi connectivity index (χ3v) is 7.87. The maximum Gasteiger partial charge on any atom is 0.321 e. The van der Waals surface area contributed by atoms with Crippen molar-refractivity contribution in [2.24, 2.45) is 5.41 Å². The van der Waals surface area contributed by atoms with Crippen molar-refractivity contribution in [3.8, 4) is 22.4 Å². The van der Waals surface area contributed by atoms with E-state index in [4.69, 9.17) is 0 Å². The van der Waals surface area contributed by atoms with E-state index in [2.05, 4.69) is 42.1 Å². The standard InChI is InChI=1S/C27H28N8O3S/c1-3-5-27(23(36)37)6-10-35(11-7-27)24-31-14-18(15-32-24)17-12-19(21-16-28-8-9-30-21)22-20(13-17)33-26(39-22)34-25(38)29-4-2/h3,8-9,12-16H,1,4-7,10-11H2,2H3,(H,36,37)(H2,29,33,34,38). The number of amides is 2. The van der Waals surface area contributed by atoms with Crippen LogP contribution in [0.4, 0.5) is 15.9 Å². The third-order valence-electron chi connectivity index (χ3n) is 6.85. The number of aliphatic carboxylic acids is 1. The number of hydrogen-bond acceptors (Lipinski definition) is 9. The molecule has 12 heteroatoms. The Bertz CT molecular complexity index is 1500. The number of nitrogens with zero attached hydrogens (tertiary/aromatic N) is 6. The van der Waals surface area contributed by atoms with Gasteiger partial charge in [0.2, 0.25) is 5.95 Å². The Hall–Kier alpha value is -4.45. The molecule has 0 aliphatic carbocycles. The summed E-state index contributed by atoms with van der Waals surface area (Å²) in [7, 11) is 0. The molecule has 1 aromatic carbocycles. The molecule has 3 aromatic heterocycles. The first-order chi connectivity index (χ1) is 18.9. The average molecular weight is 545 g/mol. The van der Waals surface area contributed by atoms with Gasteiger partial charge in [-0.05, 0) is 43.9 Å². The molecule has 1 aliphatic heterocycles. The Kier molecular flexibility index (Phi) is 7.46. The minimum atomic E-state index is -0.779. The van der Waals surface area contributed by atoms with Gasteiger partial charge in [-0.3, -0.25) is 20.1 Å². The number of carbonyl (C=O) groups is 2. The van der Waals surface area contributed by atoms with Crippen molar-refractivity contribution in [1.82, 2.24) is 30.2 Å². The molecule has 0 spiro atoms. The van der Waals surface area contributed by atoms with E-state index in [0.717, 1.165) is 21.4 Å². The van der Waals surface area contributed by atoms with Gasteiger partial charge in [0.25, 0.3) is 0 Å². The highest BCUT2D eigenvalue weighted by Gasteiger charge is 2.40. The van der Waals surface area contributed by atoms with E-state index in [1.807, 2.05) is 24.0 Å². The number of fused-ring (bicyclic) bond motifs is 1. The molecule has 1 fully saturated rings. The molecule has 2 amide bonds. The number of hydrogen-bond donors (Lipinski definition) is 3. The van der Waals surface area contributed by atoms with Crippen LogP contribution in [0.15, 0.2) is 55.8 Å². The van der Waals surface area contributed by atoms with E-state index >= 15 is 0 Å². The van der Waals surface area contributed by atoms with Gasteiger partial charge in [-0.2, -0.15) is 0 Å². The predicted octanol–water partition coefficient (Wildman–Crippen LogP) is 4.60. The number of carboxylic acid groups (broad SMARTS) is 1. The van der Waals surface area contributed by atoms with E-state index in [0.29, 0.717) is 61.2 Å². The summed E-state index contributed by atoms with van der Waals surface area (Å²) in [6.45, 7) is 7.20. The minimum Gasteiger partial charge on any atom is -0.481 e. The first-order valence-electron chi connectivity index (χ1n) is 12.6. The van der Waals surface area contributed by atoms with E-state index in [1.54, 1.807) is 37.1 Å². The molecule has 1 saturated heterocycles. The summed E-state index contributed by atoms with van der Waals surface area (Å²) in [4.78, 5) is 48.5. The fraction of sp³-hybridized carbons (Fsp3) is 0.296. The number of carboxylic acids is 1. The zero-order valence-corrected chi connectivity index (χ0v) is 22.2. The molecule has 0 bridgehead atoms. The molecule has 0 unspecified atom stereocenters. The highest BCUT2D eigenvalue weighted by molar-refractivity contribution is 7.22. The van der Waals surface area contributed by atoms with Crippen LogP contribution in [0.2, 0.25) is 0 Å². The molecule has 3 N–H and O–H groups in total. The lowest BCUT2D eigenvalue weighted by atomic mass is 9.76. The van der Waals surface area contributed by atoms with Gasteiger partial charge < -0.3 is 15.3 Å². The van der Waals surface area contributed by atoms with Crippen LogP contribution in [0, 0.1) is 5.41 Å². The second-order valence-electron chi connectivity index (χ2n) is 9.30. The summed E-state index contributed by atoms with van der Waals surface area (Å²) in [6, 6.07) is 3.62. The fourth-order valence-electron chi connectivity index (χ4n) is 4.73. The number of carbonyl (C=O) groups excluding carboxylic acids is 1. The smallest absolute Gasteiger partial charge is 0.321 e. The molecular formula is C27H28N8O3S. The molecule has 5 rings (SSSR count). The van der Waals surface area contributed by atoms with Gasteiger partial charge in [-0.15, -0.1) is 6.58 Å².